The number of carbonyl (C=O) groups is 1. The Morgan fingerprint density at radius 2 is 2.08 bits per heavy atom. The van der Waals surface area contributed by atoms with Gasteiger partial charge in [-0.25, -0.2) is 0 Å². The molecular formula is C18H21BrN4OS2. The number of rotatable bonds is 7. The number of nitrogens with zero attached hydrogens (tertiary/aromatic N) is 3. The normalized spacial score (nSPS) is 15.7. The number of aromatic nitrogens is 2. The molecule has 0 bridgehead atoms. The number of thioether (sulfide) groups is 1. The second-order valence-electron chi connectivity index (χ2n) is 6.14. The van der Waals surface area contributed by atoms with E-state index in [0.29, 0.717) is 5.13 Å². The van der Waals surface area contributed by atoms with E-state index in [-0.39, 0.29) is 11.8 Å². The van der Waals surface area contributed by atoms with Crippen LogP contribution in [0.25, 0.3) is 0 Å². The van der Waals surface area contributed by atoms with Crippen molar-refractivity contribution in [2.45, 2.75) is 23.7 Å². The highest BCUT2D eigenvalue weighted by Crippen LogP contribution is 2.27. The van der Waals surface area contributed by atoms with Gasteiger partial charge >= 0.3 is 0 Å². The standard InChI is InChI=1S/C18H21BrN4OS2/c1-2-11-25-18-22-21-17(26-18)20-16(24)14-7-9-23(10-8-14)12-13-3-5-15(19)6-4-13/h2-6,14H,1,7-12H2,(H,20,21,24). The molecule has 3 rings (SSSR count). The smallest absolute Gasteiger partial charge is 0.229 e. The predicted octanol–water partition coefficient (Wildman–Crippen LogP) is 4.43. The number of anilines is 1. The summed E-state index contributed by atoms with van der Waals surface area (Å²) in [6.45, 7) is 6.49. The van der Waals surface area contributed by atoms with Crippen molar-refractivity contribution in [1.82, 2.24) is 15.1 Å². The molecule has 0 unspecified atom stereocenters. The van der Waals surface area contributed by atoms with Crippen molar-refractivity contribution in [3.8, 4) is 0 Å². The van der Waals surface area contributed by atoms with Crippen LogP contribution in [0.3, 0.4) is 0 Å². The summed E-state index contributed by atoms with van der Waals surface area (Å²) < 4.78 is 1.95. The van der Waals surface area contributed by atoms with E-state index >= 15 is 0 Å². The highest BCUT2D eigenvalue weighted by Gasteiger charge is 2.25. The second kappa shape index (κ2) is 9.64. The quantitative estimate of drug-likeness (QED) is 0.382. The maximum absolute atomic E-state index is 12.5. The van der Waals surface area contributed by atoms with Crippen molar-refractivity contribution >= 4 is 50.1 Å². The van der Waals surface area contributed by atoms with Crippen LogP contribution in [0, 0.1) is 5.92 Å². The number of nitrogens with one attached hydrogen (secondary N) is 1. The summed E-state index contributed by atoms with van der Waals surface area (Å²) in [5, 5.41) is 11.6. The molecule has 8 heteroatoms. The number of amides is 1. The third kappa shape index (κ3) is 5.64. The van der Waals surface area contributed by atoms with Gasteiger partial charge in [-0.2, -0.15) is 0 Å². The fourth-order valence-electron chi connectivity index (χ4n) is 2.86. The molecule has 1 aliphatic heterocycles. The molecule has 0 aliphatic carbocycles. The first-order valence-electron chi connectivity index (χ1n) is 8.49. The molecule has 1 N–H and O–H groups in total. The molecule has 0 saturated carbocycles. The zero-order chi connectivity index (χ0) is 18.4. The van der Waals surface area contributed by atoms with Gasteiger partial charge in [-0.15, -0.1) is 16.8 Å². The first-order valence-corrected chi connectivity index (χ1v) is 11.1. The lowest BCUT2D eigenvalue weighted by Crippen LogP contribution is -2.37. The van der Waals surface area contributed by atoms with Crippen LogP contribution in [0.2, 0.25) is 0 Å². The lowest BCUT2D eigenvalue weighted by Gasteiger charge is -2.31. The number of carbonyl (C=O) groups excluding carboxylic acids is 1. The monoisotopic (exact) mass is 452 g/mol. The van der Waals surface area contributed by atoms with Crippen LogP contribution < -0.4 is 5.32 Å². The molecule has 1 aromatic carbocycles. The number of hydrogen-bond donors (Lipinski definition) is 1. The Labute approximate surface area is 170 Å². The van der Waals surface area contributed by atoms with Gasteiger partial charge in [0.1, 0.15) is 0 Å². The first-order chi connectivity index (χ1) is 12.6. The Morgan fingerprint density at radius 1 is 1.35 bits per heavy atom. The SMILES string of the molecule is C=CCSc1nnc(NC(=O)C2CCN(Cc3ccc(Br)cc3)CC2)s1. The van der Waals surface area contributed by atoms with E-state index < -0.39 is 0 Å². The summed E-state index contributed by atoms with van der Waals surface area (Å²) in [6.07, 6.45) is 3.57. The second-order valence-corrected chi connectivity index (χ2v) is 9.30. The van der Waals surface area contributed by atoms with E-state index in [0.717, 1.165) is 47.0 Å². The zero-order valence-corrected chi connectivity index (χ0v) is 17.6. The van der Waals surface area contributed by atoms with Gasteiger partial charge in [0.15, 0.2) is 4.34 Å². The van der Waals surface area contributed by atoms with Gasteiger partial charge < -0.3 is 5.32 Å². The van der Waals surface area contributed by atoms with Crippen LogP contribution in [0.1, 0.15) is 18.4 Å². The molecule has 1 amide bonds. The van der Waals surface area contributed by atoms with Gasteiger partial charge in [0.05, 0.1) is 0 Å². The fourth-order valence-corrected chi connectivity index (χ4v) is 4.64. The zero-order valence-electron chi connectivity index (χ0n) is 14.4. The molecule has 0 spiro atoms. The van der Waals surface area contributed by atoms with Crippen LogP contribution in [-0.4, -0.2) is 39.8 Å². The molecule has 0 radical (unpaired) electrons. The molecule has 1 aliphatic rings. The average molecular weight is 453 g/mol. The summed E-state index contributed by atoms with van der Waals surface area (Å²) in [5.74, 6) is 0.897. The summed E-state index contributed by atoms with van der Waals surface area (Å²) in [6, 6.07) is 8.42. The molecule has 2 aromatic rings. The summed E-state index contributed by atoms with van der Waals surface area (Å²) in [5.41, 5.74) is 1.30. The van der Waals surface area contributed by atoms with Gasteiger partial charge in [-0.1, -0.05) is 57.2 Å². The van der Waals surface area contributed by atoms with E-state index in [9.17, 15) is 4.79 Å². The van der Waals surface area contributed by atoms with Crippen LogP contribution >= 0.6 is 39.0 Å². The fraction of sp³-hybridized carbons (Fsp3) is 0.389. The van der Waals surface area contributed by atoms with Crippen LogP contribution in [-0.2, 0) is 11.3 Å². The number of halogens is 1. The average Bonchev–Trinajstić information content (AvgIpc) is 3.10. The van der Waals surface area contributed by atoms with Gasteiger partial charge in [-0.05, 0) is 43.6 Å². The van der Waals surface area contributed by atoms with Crippen molar-refractivity contribution in [2.75, 3.05) is 24.2 Å². The summed E-state index contributed by atoms with van der Waals surface area (Å²) in [4.78, 5) is 14.9. The van der Waals surface area contributed by atoms with Gasteiger partial charge in [0, 0.05) is 22.7 Å². The number of likely N-dealkylation sites (tertiary alicyclic amines) is 1. The Morgan fingerprint density at radius 3 is 2.77 bits per heavy atom. The number of hydrogen-bond acceptors (Lipinski definition) is 6. The van der Waals surface area contributed by atoms with Crippen molar-refractivity contribution in [2.24, 2.45) is 5.92 Å². The molecule has 1 aromatic heterocycles. The van der Waals surface area contributed by atoms with Gasteiger partial charge in [0.2, 0.25) is 11.0 Å². The molecular weight excluding hydrogens is 432 g/mol. The van der Waals surface area contributed by atoms with E-state index in [1.165, 1.54) is 16.9 Å². The molecule has 5 nitrogen and oxygen atoms in total. The topological polar surface area (TPSA) is 58.1 Å². The minimum Gasteiger partial charge on any atom is -0.300 e. The molecule has 1 saturated heterocycles. The Kier molecular flexibility index (Phi) is 7.24. The van der Waals surface area contributed by atoms with Gasteiger partial charge in [-0.3, -0.25) is 9.69 Å². The molecule has 2 heterocycles. The lowest BCUT2D eigenvalue weighted by molar-refractivity contribution is -0.121. The first kappa shape index (κ1) is 19.5. The maximum atomic E-state index is 12.5. The van der Waals surface area contributed by atoms with E-state index in [2.05, 4.69) is 67.2 Å². The molecule has 138 valence electrons. The van der Waals surface area contributed by atoms with E-state index in [1.54, 1.807) is 11.8 Å². The predicted molar refractivity (Wildman–Crippen MR) is 112 cm³/mol. The minimum absolute atomic E-state index is 0.0457. The van der Waals surface area contributed by atoms with Crippen LogP contribution in [0.15, 0.2) is 45.7 Å². The molecule has 1 fully saturated rings. The Bertz CT molecular complexity index is 742. The highest BCUT2D eigenvalue weighted by molar-refractivity contribution is 9.10. The lowest BCUT2D eigenvalue weighted by atomic mass is 9.95. The molecule has 0 atom stereocenters. The van der Waals surface area contributed by atoms with Crippen molar-refractivity contribution in [1.29, 1.82) is 0 Å². The van der Waals surface area contributed by atoms with E-state index in [1.807, 2.05) is 6.08 Å². The number of piperidine rings is 1. The van der Waals surface area contributed by atoms with Crippen molar-refractivity contribution in [3.05, 3.63) is 47.0 Å². The summed E-state index contributed by atoms with van der Waals surface area (Å²) >= 11 is 6.45. The largest absolute Gasteiger partial charge is 0.300 e. The van der Waals surface area contributed by atoms with E-state index in [4.69, 9.17) is 0 Å². The third-order valence-corrected chi connectivity index (χ3v) is 6.74. The van der Waals surface area contributed by atoms with Crippen molar-refractivity contribution in [3.63, 3.8) is 0 Å². The number of benzene rings is 1. The Hall–Kier alpha value is -1.22. The third-order valence-electron chi connectivity index (χ3n) is 4.24. The highest BCUT2D eigenvalue weighted by atomic mass is 79.9. The van der Waals surface area contributed by atoms with Crippen LogP contribution in [0.4, 0.5) is 5.13 Å². The minimum atomic E-state index is 0.0457. The maximum Gasteiger partial charge on any atom is 0.229 e. The summed E-state index contributed by atoms with van der Waals surface area (Å²) in [7, 11) is 0. The Balaban J connectivity index is 1.45. The van der Waals surface area contributed by atoms with Crippen molar-refractivity contribution < 1.29 is 4.79 Å². The van der Waals surface area contributed by atoms with Crippen LogP contribution in [0.5, 0.6) is 0 Å². The molecule has 26 heavy (non-hydrogen) atoms. The van der Waals surface area contributed by atoms with Gasteiger partial charge in [0.25, 0.3) is 0 Å².